The third-order valence-electron chi connectivity index (χ3n) is 3.44. The number of halogens is 3. The Morgan fingerprint density at radius 1 is 1.18 bits per heavy atom. The molecule has 22 heavy (non-hydrogen) atoms. The van der Waals surface area contributed by atoms with Crippen LogP contribution in [0, 0.1) is 23.4 Å². The van der Waals surface area contributed by atoms with Gasteiger partial charge in [0.15, 0.2) is 17.5 Å². The molecule has 5 nitrogen and oxygen atoms in total. The van der Waals surface area contributed by atoms with Crippen molar-refractivity contribution in [3.63, 3.8) is 0 Å². The molecule has 1 aromatic rings. The van der Waals surface area contributed by atoms with Crippen LogP contribution in [0.4, 0.5) is 18.9 Å². The van der Waals surface area contributed by atoms with Crippen LogP contribution in [0.5, 0.6) is 0 Å². The van der Waals surface area contributed by atoms with E-state index in [1.807, 2.05) is 5.32 Å². The molecule has 0 spiro atoms. The first-order valence-electron chi connectivity index (χ1n) is 6.80. The highest BCUT2D eigenvalue weighted by Crippen LogP contribution is 2.33. The minimum Gasteiger partial charge on any atom is -0.396 e. The van der Waals surface area contributed by atoms with E-state index < -0.39 is 35.0 Å². The number of carbonyl (C=O) groups is 2. The van der Waals surface area contributed by atoms with Gasteiger partial charge in [0.25, 0.3) is 0 Å². The van der Waals surface area contributed by atoms with Gasteiger partial charge in [-0.2, -0.15) is 0 Å². The summed E-state index contributed by atoms with van der Waals surface area (Å²) < 4.78 is 39.2. The lowest BCUT2D eigenvalue weighted by Gasteiger charge is -2.16. The predicted octanol–water partition coefficient (Wildman–Crippen LogP) is 1.32. The van der Waals surface area contributed by atoms with Gasteiger partial charge in [-0.3, -0.25) is 9.59 Å². The molecular weight excluding hydrogens is 301 g/mol. The molecule has 8 heteroatoms. The second-order valence-electron chi connectivity index (χ2n) is 5.11. The van der Waals surface area contributed by atoms with Crippen molar-refractivity contribution in [2.24, 2.45) is 5.92 Å². The second kappa shape index (κ2) is 6.78. The number of anilines is 1. The molecule has 1 fully saturated rings. The SMILES string of the molecule is O=C(Nc1ccc(F)c(F)c1F)C(=O)NC(CCO)C1CC1. The topological polar surface area (TPSA) is 78.4 Å². The van der Waals surface area contributed by atoms with Crippen molar-refractivity contribution in [1.82, 2.24) is 5.32 Å². The number of hydrogen-bond donors (Lipinski definition) is 3. The Balaban J connectivity index is 1.99. The van der Waals surface area contributed by atoms with E-state index >= 15 is 0 Å². The summed E-state index contributed by atoms with van der Waals surface area (Å²) in [4.78, 5) is 23.4. The van der Waals surface area contributed by atoms with E-state index in [9.17, 15) is 22.8 Å². The monoisotopic (exact) mass is 316 g/mol. The van der Waals surface area contributed by atoms with E-state index in [0.29, 0.717) is 12.5 Å². The van der Waals surface area contributed by atoms with E-state index in [1.54, 1.807) is 0 Å². The number of benzene rings is 1. The number of amides is 2. The van der Waals surface area contributed by atoms with Gasteiger partial charge in [-0.05, 0) is 37.3 Å². The van der Waals surface area contributed by atoms with Gasteiger partial charge in [0.05, 0.1) is 5.69 Å². The quantitative estimate of drug-likeness (QED) is 0.566. The second-order valence-corrected chi connectivity index (χ2v) is 5.11. The highest BCUT2D eigenvalue weighted by atomic mass is 19.2. The highest BCUT2D eigenvalue weighted by Gasteiger charge is 2.33. The van der Waals surface area contributed by atoms with Gasteiger partial charge >= 0.3 is 11.8 Å². The van der Waals surface area contributed by atoms with E-state index in [2.05, 4.69) is 5.32 Å². The number of nitrogens with one attached hydrogen (secondary N) is 2. The molecule has 2 rings (SSSR count). The van der Waals surface area contributed by atoms with E-state index in [0.717, 1.165) is 18.9 Å². The Bertz CT molecular complexity index is 591. The normalized spacial score (nSPS) is 15.3. The van der Waals surface area contributed by atoms with E-state index in [-0.39, 0.29) is 18.6 Å². The van der Waals surface area contributed by atoms with Crippen molar-refractivity contribution in [1.29, 1.82) is 0 Å². The standard InChI is InChI=1S/C14H15F3N2O3/c15-8-3-4-10(12(17)11(8)16)19-14(22)13(21)18-9(5-6-20)7-1-2-7/h3-4,7,9,20H,1-2,5-6H2,(H,18,21)(H,19,22). The molecule has 1 aliphatic carbocycles. The third kappa shape index (κ3) is 3.76. The fourth-order valence-corrected chi connectivity index (χ4v) is 2.10. The predicted molar refractivity (Wildman–Crippen MR) is 71.3 cm³/mol. The van der Waals surface area contributed by atoms with Crippen molar-refractivity contribution in [3.8, 4) is 0 Å². The zero-order chi connectivity index (χ0) is 16.3. The Kier molecular flexibility index (Phi) is 5.02. The van der Waals surface area contributed by atoms with Gasteiger partial charge in [0, 0.05) is 12.6 Å². The lowest BCUT2D eigenvalue weighted by molar-refractivity contribution is -0.136. The van der Waals surface area contributed by atoms with Crippen LogP contribution in [0.25, 0.3) is 0 Å². The number of rotatable bonds is 5. The van der Waals surface area contributed by atoms with Crippen molar-refractivity contribution in [2.45, 2.75) is 25.3 Å². The van der Waals surface area contributed by atoms with Crippen LogP contribution in [-0.2, 0) is 9.59 Å². The summed E-state index contributed by atoms with van der Waals surface area (Å²) in [5.74, 6) is -6.69. The van der Waals surface area contributed by atoms with Crippen LogP contribution in [0.2, 0.25) is 0 Å². The minimum absolute atomic E-state index is 0.138. The third-order valence-corrected chi connectivity index (χ3v) is 3.44. The maximum Gasteiger partial charge on any atom is 0.313 e. The zero-order valence-electron chi connectivity index (χ0n) is 11.5. The average molecular weight is 316 g/mol. The molecule has 0 radical (unpaired) electrons. The Hall–Kier alpha value is -2.09. The van der Waals surface area contributed by atoms with Crippen molar-refractivity contribution in [3.05, 3.63) is 29.6 Å². The maximum atomic E-state index is 13.4. The molecule has 1 aromatic carbocycles. The van der Waals surface area contributed by atoms with Crippen LogP contribution in [0.1, 0.15) is 19.3 Å². The fraction of sp³-hybridized carbons (Fsp3) is 0.429. The Morgan fingerprint density at radius 3 is 2.45 bits per heavy atom. The van der Waals surface area contributed by atoms with Crippen molar-refractivity contribution >= 4 is 17.5 Å². The van der Waals surface area contributed by atoms with E-state index in [1.165, 1.54) is 0 Å². The first kappa shape index (κ1) is 16.3. The molecule has 1 unspecified atom stereocenters. The first-order chi connectivity index (χ1) is 10.4. The average Bonchev–Trinajstić information content (AvgIpc) is 3.32. The van der Waals surface area contributed by atoms with Gasteiger partial charge in [0.2, 0.25) is 0 Å². The zero-order valence-corrected chi connectivity index (χ0v) is 11.5. The van der Waals surface area contributed by atoms with Gasteiger partial charge in [-0.25, -0.2) is 13.2 Å². The molecule has 0 heterocycles. The van der Waals surface area contributed by atoms with Crippen LogP contribution < -0.4 is 10.6 Å². The minimum atomic E-state index is -1.73. The van der Waals surface area contributed by atoms with Crippen LogP contribution in [0.3, 0.4) is 0 Å². The Labute approximate surface area is 124 Å². The van der Waals surface area contributed by atoms with Crippen LogP contribution in [0.15, 0.2) is 12.1 Å². The van der Waals surface area contributed by atoms with Crippen molar-refractivity contribution in [2.75, 3.05) is 11.9 Å². The molecule has 2 amide bonds. The molecule has 0 aliphatic heterocycles. The maximum absolute atomic E-state index is 13.4. The van der Waals surface area contributed by atoms with Gasteiger partial charge in [0.1, 0.15) is 0 Å². The lowest BCUT2D eigenvalue weighted by atomic mass is 10.1. The van der Waals surface area contributed by atoms with Crippen LogP contribution >= 0.6 is 0 Å². The molecule has 3 N–H and O–H groups in total. The van der Waals surface area contributed by atoms with E-state index in [4.69, 9.17) is 5.11 Å². The number of aliphatic hydroxyl groups excluding tert-OH is 1. The molecule has 0 saturated heterocycles. The Morgan fingerprint density at radius 2 is 1.86 bits per heavy atom. The number of aliphatic hydroxyl groups is 1. The summed E-state index contributed by atoms with van der Waals surface area (Å²) in [5.41, 5.74) is -0.621. The number of carbonyl (C=O) groups excluding carboxylic acids is 2. The van der Waals surface area contributed by atoms with Gasteiger partial charge in [-0.1, -0.05) is 0 Å². The summed E-state index contributed by atoms with van der Waals surface area (Å²) >= 11 is 0. The van der Waals surface area contributed by atoms with Gasteiger partial charge < -0.3 is 15.7 Å². The van der Waals surface area contributed by atoms with Gasteiger partial charge in [-0.15, -0.1) is 0 Å². The summed E-state index contributed by atoms with van der Waals surface area (Å²) in [6.45, 7) is -0.138. The summed E-state index contributed by atoms with van der Waals surface area (Å²) in [5, 5.41) is 13.2. The van der Waals surface area contributed by atoms with Crippen molar-refractivity contribution < 1.29 is 27.9 Å². The highest BCUT2D eigenvalue weighted by molar-refractivity contribution is 6.39. The summed E-state index contributed by atoms with van der Waals surface area (Å²) in [7, 11) is 0. The summed E-state index contributed by atoms with van der Waals surface area (Å²) in [6.07, 6.45) is 2.10. The molecule has 1 saturated carbocycles. The first-order valence-corrected chi connectivity index (χ1v) is 6.80. The molecule has 0 bridgehead atoms. The smallest absolute Gasteiger partial charge is 0.313 e. The molecular formula is C14H15F3N2O3. The largest absolute Gasteiger partial charge is 0.396 e. The molecule has 120 valence electrons. The molecule has 1 aliphatic rings. The fourth-order valence-electron chi connectivity index (χ4n) is 2.10. The molecule has 0 aromatic heterocycles. The summed E-state index contributed by atoms with van der Waals surface area (Å²) in [6, 6.07) is 1.13. The van der Waals surface area contributed by atoms with Crippen LogP contribution in [-0.4, -0.2) is 29.6 Å². The number of hydrogen-bond acceptors (Lipinski definition) is 3. The molecule has 1 atom stereocenters. The lowest BCUT2D eigenvalue weighted by Crippen LogP contribution is -2.43.